The van der Waals surface area contributed by atoms with Crippen molar-refractivity contribution < 1.29 is 4.42 Å². The van der Waals surface area contributed by atoms with E-state index in [1.807, 2.05) is 49.3 Å². The molecule has 0 saturated heterocycles. The predicted octanol–water partition coefficient (Wildman–Crippen LogP) is 2.66. The van der Waals surface area contributed by atoms with Gasteiger partial charge in [0, 0.05) is 33.6 Å². The number of halogens is 1. The molecule has 0 aliphatic carbocycles. The first-order valence-electron chi connectivity index (χ1n) is 7.87. The fourth-order valence-corrected chi connectivity index (χ4v) is 2.06. The average molecular weight is 443 g/mol. The summed E-state index contributed by atoms with van der Waals surface area (Å²) in [5.74, 6) is 2.69. The van der Waals surface area contributed by atoms with Crippen LogP contribution < -0.4 is 15.5 Å². The molecule has 0 amide bonds. The largest absolute Gasteiger partial charge is 0.469 e. The van der Waals surface area contributed by atoms with Crippen molar-refractivity contribution in [1.29, 1.82) is 0 Å². The van der Waals surface area contributed by atoms with Gasteiger partial charge in [-0.2, -0.15) is 0 Å². The summed E-state index contributed by atoms with van der Waals surface area (Å²) in [5.41, 5.74) is 0.944. The molecule has 0 atom stereocenters. The van der Waals surface area contributed by atoms with Crippen molar-refractivity contribution in [3.63, 3.8) is 0 Å². The van der Waals surface area contributed by atoms with E-state index >= 15 is 0 Å². The van der Waals surface area contributed by atoms with E-state index in [2.05, 4.69) is 27.5 Å². The van der Waals surface area contributed by atoms with Gasteiger partial charge in [-0.15, -0.1) is 24.0 Å². The Balaban J connectivity index is 0.00000288. The number of guanidine groups is 1. The minimum atomic E-state index is 0. The van der Waals surface area contributed by atoms with Gasteiger partial charge in [-0.1, -0.05) is 6.07 Å². The molecule has 2 rings (SSSR count). The van der Waals surface area contributed by atoms with Crippen LogP contribution in [0.2, 0.25) is 0 Å². The average Bonchev–Trinajstić information content (AvgIpc) is 3.06. The standard InChI is InChI=1S/C17H25N5O.HI/c1-4-18-17(19-11-10-15-8-6-12-23-15)20-13-14-7-5-9-16(21-14)22(2)3;/h5-9,12H,4,10-11,13H2,1-3H3,(H2,18,19,20);1H. The molecular weight excluding hydrogens is 417 g/mol. The summed E-state index contributed by atoms with van der Waals surface area (Å²) in [5, 5.41) is 6.55. The summed E-state index contributed by atoms with van der Waals surface area (Å²) < 4.78 is 5.33. The molecule has 7 heteroatoms. The Hall–Kier alpha value is -1.77. The molecule has 0 saturated carbocycles. The number of hydrogen-bond acceptors (Lipinski definition) is 4. The maximum absolute atomic E-state index is 5.33. The first-order chi connectivity index (χ1) is 11.2. The van der Waals surface area contributed by atoms with E-state index in [1.54, 1.807) is 6.26 Å². The first kappa shape index (κ1) is 20.3. The summed E-state index contributed by atoms with van der Waals surface area (Å²) >= 11 is 0. The SMILES string of the molecule is CCNC(=NCc1cccc(N(C)C)n1)NCCc1ccco1.I. The zero-order valence-electron chi connectivity index (χ0n) is 14.5. The Morgan fingerprint density at radius 3 is 2.71 bits per heavy atom. The second-order valence-corrected chi connectivity index (χ2v) is 5.33. The predicted molar refractivity (Wildman–Crippen MR) is 109 cm³/mol. The molecule has 2 heterocycles. The van der Waals surface area contributed by atoms with Crippen LogP contribution in [0.15, 0.2) is 46.0 Å². The van der Waals surface area contributed by atoms with Gasteiger partial charge in [-0.3, -0.25) is 0 Å². The topological polar surface area (TPSA) is 65.7 Å². The third kappa shape index (κ3) is 6.77. The minimum absolute atomic E-state index is 0. The molecule has 0 aliphatic rings. The van der Waals surface area contributed by atoms with Crippen LogP contribution in [0.3, 0.4) is 0 Å². The Morgan fingerprint density at radius 2 is 2.04 bits per heavy atom. The van der Waals surface area contributed by atoms with Crippen LogP contribution in [0.5, 0.6) is 0 Å². The van der Waals surface area contributed by atoms with Crippen LogP contribution in [0.4, 0.5) is 5.82 Å². The third-order valence-electron chi connectivity index (χ3n) is 3.24. The van der Waals surface area contributed by atoms with Crippen molar-refractivity contribution in [3.8, 4) is 0 Å². The number of aliphatic imine (C=N–C) groups is 1. The highest BCUT2D eigenvalue weighted by Crippen LogP contribution is 2.08. The van der Waals surface area contributed by atoms with Gasteiger partial charge in [-0.05, 0) is 31.2 Å². The van der Waals surface area contributed by atoms with E-state index in [4.69, 9.17) is 4.42 Å². The highest BCUT2D eigenvalue weighted by atomic mass is 127. The maximum atomic E-state index is 5.33. The number of anilines is 1. The summed E-state index contributed by atoms with van der Waals surface area (Å²) in [6.07, 6.45) is 2.52. The molecule has 0 aromatic carbocycles. The highest BCUT2D eigenvalue weighted by molar-refractivity contribution is 14.0. The lowest BCUT2D eigenvalue weighted by Crippen LogP contribution is -2.38. The van der Waals surface area contributed by atoms with E-state index in [-0.39, 0.29) is 24.0 Å². The fourth-order valence-electron chi connectivity index (χ4n) is 2.06. The van der Waals surface area contributed by atoms with Crippen LogP contribution in [0.1, 0.15) is 18.4 Å². The molecule has 0 fully saturated rings. The number of hydrogen-bond donors (Lipinski definition) is 2. The molecular formula is C17H26IN5O. The number of rotatable bonds is 7. The van der Waals surface area contributed by atoms with Gasteiger partial charge in [0.1, 0.15) is 11.6 Å². The molecule has 0 spiro atoms. The Bertz CT molecular complexity index is 613. The molecule has 2 N–H and O–H groups in total. The van der Waals surface area contributed by atoms with Gasteiger partial charge < -0.3 is 20.0 Å². The molecule has 2 aromatic heterocycles. The van der Waals surface area contributed by atoms with Crippen molar-refractivity contribution in [1.82, 2.24) is 15.6 Å². The Kier molecular flexibility index (Phi) is 9.21. The molecule has 0 radical (unpaired) electrons. The van der Waals surface area contributed by atoms with Crippen molar-refractivity contribution >= 4 is 35.8 Å². The van der Waals surface area contributed by atoms with Crippen LogP contribution in [0, 0.1) is 0 Å². The molecule has 0 aliphatic heterocycles. The molecule has 0 bridgehead atoms. The lowest BCUT2D eigenvalue weighted by Gasteiger charge is -2.13. The van der Waals surface area contributed by atoms with Gasteiger partial charge >= 0.3 is 0 Å². The van der Waals surface area contributed by atoms with E-state index < -0.39 is 0 Å². The summed E-state index contributed by atoms with van der Waals surface area (Å²) in [4.78, 5) is 11.1. The molecule has 132 valence electrons. The van der Waals surface area contributed by atoms with Gasteiger partial charge in [-0.25, -0.2) is 9.98 Å². The lowest BCUT2D eigenvalue weighted by atomic mass is 10.3. The van der Waals surface area contributed by atoms with E-state index in [9.17, 15) is 0 Å². The molecule has 0 unspecified atom stereocenters. The monoisotopic (exact) mass is 443 g/mol. The lowest BCUT2D eigenvalue weighted by molar-refractivity contribution is 0.507. The Morgan fingerprint density at radius 1 is 1.21 bits per heavy atom. The number of nitrogens with one attached hydrogen (secondary N) is 2. The van der Waals surface area contributed by atoms with Crippen molar-refractivity contribution in [2.75, 3.05) is 32.1 Å². The minimum Gasteiger partial charge on any atom is -0.469 e. The van der Waals surface area contributed by atoms with E-state index in [0.29, 0.717) is 6.54 Å². The quantitative estimate of drug-likeness (QED) is 0.392. The van der Waals surface area contributed by atoms with Crippen molar-refractivity contribution in [3.05, 3.63) is 48.0 Å². The van der Waals surface area contributed by atoms with E-state index in [0.717, 1.165) is 42.7 Å². The first-order valence-corrected chi connectivity index (χ1v) is 7.87. The van der Waals surface area contributed by atoms with Gasteiger partial charge in [0.2, 0.25) is 0 Å². The summed E-state index contributed by atoms with van der Waals surface area (Å²) in [6, 6.07) is 9.85. The zero-order chi connectivity index (χ0) is 16.5. The van der Waals surface area contributed by atoms with Crippen LogP contribution in [-0.2, 0) is 13.0 Å². The number of furan rings is 1. The van der Waals surface area contributed by atoms with Crippen LogP contribution in [0.25, 0.3) is 0 Å². The van der Waals surface area contributed by atoms with Gasteiger partial charge in [0.25, 0.3) is 0 Å². The fraction of sp³-hybridized carbons (Fsp3) is 0.412. The zero-order valence-corrected chi connectivity index (χ0v) is 16.8. The van der Waals surface area contributed by atoms with Crippen LogP contribution in [-0.4, -0.2) is 38.1 Å². The molecule has 24 heavy (non-hydrogen) atoms. The number of nitrogens with zero attached hydrogens (tertiary/aromatic N) is 3. The Labute approximate surface area is 160 Å². The molecule has 6 nitrogen and oxygen atoms in total. The van der Waals surface area contributed by atoms with Crippen molar-refractivity contribution in [2.24, 2.45) is 4.99 Å². The van der Waals surface area contributed by atoms with Crippen LogP contribution >= 0.6 is 24.0 Å². The number of aromatic nitrogens is 1. The molecule has 2 aromatic rings. The maximum Gasteiger partial charge on any atom is 0.191 e. The third-order valence-corrected chi connectivity index (χ3v) is 3.24. The summed E-state index contributed by atoms with van der Waals surface area (Å²) in [6.45, 7) is 4.18. The van der Waals surface area contributed by atoms with Gasteiger partial charge in [0.15, 0.2) is 5.96 Å². The summed E-state index contributed by atoms with van der Waals surface area (Å²) in [7, 11) is 3.96. The van der Waals surface area contributed by atoms with E-state index in [1.165, 1.54) is 0 Å². The number of pyridine rings is 1. The highest BCUT2D eigenvalue weighted by Gasteiger charge is 2.02. The second-order valence-electron chi connectivity index (χ2n) is 5.33. The van der Waals surface area contributed by atoms with Gasteiger partial charge in [0.05, 0.1) is 18.5 Å². The normalized spacial score (nSPS) is 10.9. The van der Waals surface area contributed by atoms with Crippen molar-refractivity contribution in [2.45, 2.75) is 19.9 Å². The second kappa shape index (κ2) is 10.9. The smallest absolute Gasteiger partial charge is 0.191 e.